The maximum atomic E-state index is 11.0. The fraction of sp³-hybridized carbons (Fsp3) is 0.529. The molecule has 1 heterocycles. The number of primary amides is 1. The number of nitrogens with two attached hydrogens (primary N) is 1. The van der Waals surface area contributed by atoms with Crippen molar-refractivity contribution in [3.05, 3.63) is 35.4 Å². The van der Waals surface area contributed by atoms with Crippen molar-refractivity contribution in [3.63, 3.8) is 0 Å². The summed E-state index contributed by atoms with van der Waals surface area (Å²) in [4.78, 5) is 17.8. The highest BCUT2D eigenvalue weighted by atomic mass is 127. The van der Waals surface area contributed by atoms with Crippen molar-refractivity contribution in [2.75, 3.05) is 33.2 Å². The number of hydrogen-bond donors (Lipinski definition) is 3. The minimum atomic E-state index is -0.403. The SMILES string of the molecule is CN=C(NCCN1CCCCC1)NCc1ccc(C(N)=O)cc1.I. The molecule has 6 nitrogen and oxygen atoms in total. The van der Waals surface area contributed by atoms with Crippen molar-refractivity contribution in [1.82, 2.24) is 15.5 Å². The number of nitrogens with one attached hydrogen (secondary N) is 2. The smallest absolute Gasteiger partial charge is 0.248 e. The predicted molar refractivity (Wildman–Crippen MR) is 109 cm³/mol. The van der Waals surface area contributed by atoms with Gasteiger partial charge in [-0.2, -0.15) is 0 Å². The summed E-state index contributed by atoms with van der Waals surface area (Å²) in [6.07, 6.45) is 3.99. The van der Waals surface area contributed by atoms with Crippen LogP contribution in [-0.2, 0) is 6.54 Å². The molecule has 134 valence electrons. The number of amides is 1. The summed E-state index contributed by atoms with van der Waals surface area (Å²) in [5.41, 5.74) is 6.84. The molecule has 7 heteroatoms. The maximum Gasteiger partial charge on any atom is 0.248 e. The highest BCUT2D eigenvalue weighted by molar-refractivity contribution is 14.0. The quantitative estimate of drug-likeness (QED) is 0.353. The molecule has 1 saturated heterocycles. The van der Waals surface area contributed by atoms with Gasteiger partial charge in [-0.3, -0.25) is 9.79 Å². The first-order chi connectivity index (χ1) is 11.2. The molecule has 0 radical (unpaired) electrons. The first-order valence-electron chi connectivity index (χ1n) is 8.24. The lowest BCUT2D eigenvalue weighted by molar-refractivity contribution is 0.100. The van der Waals surface area contributed by atoms with Gasteiger partial charge in [0.25, 0.3) is 0 Å². The van der Waals surface area contributed by atoms with Gasteiger partial charge >= 0.3 is 0 Å². The highest BCUT2D eigenvalue weighted by Gasteiger charge is 2.09. The van der Waals surface area contributed by atoms with E-state index in [4.69, 9.17) is 5.73 Å². The lowest BCUT2D eigenvalue weighted by Crippen LogP contribution is -2.42. The van der Waals surface area contributed by atoms with Crippen LogP contribution in [0, 0.1) is 0 Å². The number of carbonyl (C=O) groups excluding carboxylic acids is 1. The fourth-order valence-corrected chi connectivity index (χ4v) is 2.71. The standard InChI is InChI=1S/C17H27N5O.HI/c1-19-17(20-9-12-22-10-3-2-4-11-22)21-13-14-5-7-15(8-6-14)16(18)23;/h5-8H,2-4,9-13H2,1H3,(H2,18,23)(H2,19,20,21);1H. The molecule has 1 aromatic rings. The Balaban J connectivity index is 0.00000288. The highest BCUT2D eigenvalue weighted by Crippen LogP contribution is 2.07. The Hall–Kier alpha value is -1.35. The Kier molecular flexibility index (Phi) is 9.70. The number of hydrogen-bond acceptors (Lipinski definition) is 3. The van der Waals surface area contributed by atoms with Gasteiger partial charge < -0.3 is 21.3 Å². The van der Waals surface area contributed by atoms with Crippen LogP contribution in [0.2, 0.25) is 0 Å². The summed E-state index contributed by atoms with van der Waals surface area (Å²) >= 11 is 0. The van der Waals surface area contributed by atoms with E-state index in [0.29, 0.717) is 12.1 Å². The van der Waals surface area contributed by atoms with E-state index in [-0.39, 0.29) is 24.0 Å². The van der Waals surface area contributed by atoms with Gasteiger partial charge in [0.1, 0.15) is 0 Å². The Labute approximate surface area is 161 Å². The van der Waals surface area contributed by atoms with Crippen molar-refractivity contribution in [2.24, 2.45) is 10.7 Å². The third-order valence-electron chi connectivity index (χ3n) is 4.09. The normalized spacial score (nSPS) is 15.5. The molecule has 1 aliphatic rings. The van der Waals surface area contributed by atoms with Crippen molar-refractivity contribution in [1.29, 1.82) is 0 Å². The number of carbonyl (C=O) groups is 1. The predicted octanol–water partition coefficient (Wildman–Crippen LogP) is 1.55. The van der Waals surface area contributed by atoms with E-state index in [0.717, 1.165) is 24.6 Å². The summed E-state index contributed by atoms with van der Waals surface area (Å²) in [6.45, 7) is 5.01. The van der Waals surface area contributed by atoms with Crippen LogP contribution in [0.25, 0.3) is 0 Å². The number of piperidine rings is 1. The Morgan fingerprint density at radius 1 is 1.17 bits per heavy atom. The average molecular weight is 445 g/mol. The molecule has 0 spiro atoms. The first-order valence-corrected chi connectivity index (χ1v) is 8.24. The van der Waals surface area contributed by atoms with Gasteiger partial charge in [-0.1, -0.05) is 18.6 Å². The fourth-order valence-electron chi connectivity index (χ4n) is 2.71. The summed E-state index contributed by atoms with van der Waals surface area (Å²) in [5.74, 6) is 0.390. The molecule has 0 bridgehead atoms. The zero-order valence-corrected chi connectivity index (χ0v) is 16.6. The molecule has 0 aromatic heterocycles. The van der Waals surface area contributed by atoms with Crippen LogP contribution < -0.4 is 16.4 Å². The van der Waals surface area contributed by atoms with E-state index in [1.807, 2.05) is 12.1 Å². The molecular weight excluding hydrogens is 417 g/mol. The monoisotopic (exact) mass is 445 g/mol. The minimum absolute atomic E-state index is 0. The number of benzene rings is 1. The van der Waals surface area contributed by atoms with Gasteiger partial charge in [0.2, 0.25) is 5.91 Å². The van der Waals surface area contributed by atoms with E-state index < -0.39 is 5.91 Å². The molecule has 1 amide bonds. The van der Waals surface area contributed by atoms with Gasteiger partial charge in [-0.25, -0.2) is 0 Å². The minimum Gasteiger partial charge on any atom is -0.366 e. The number of nitrogens with zero attached hydrogens (tertiary/aromatic N) is 2. The van der Waals surface area contributed by atoms with Crippen LogP contribution in [0.3, 0.4) is 0 Å². The molecule has 2 rings (SSSR count). The summed E-state index contributed by atoms with van der Waals surface area (Å²) < 4.78 is 0. The van der Waals surface area contributed by atoms with Crippen molar-refractivity contribution < 1.29 is 4.79 Å². The molecular formula is C17H28IN5O. The molecule has 4 N–H and O–H groups in total. The van der Waals surface area contributed by atoms with E-state index in [1.165, 1.54) is 32.4 Å². The van der Waals surface area contributed by atoms with Crippen molar-refractivity contribution in [2.45, 2.75) is 25.8 Å². The van der Waals surface area contributed by atoms with E-state index in [2.05, 4.69) is 20.5 Å². The Morgan fingerprint density at radius 2 is 1.83 bits per heavy atom. The maximum absolute atomic E-state index is 11.0. The number of guanidine groups is 1. The number of halogens is 1. The number of aliphatic imine (C=N–C) groups is 1. The second-order valence-corrected chi connectivity index (χ2v) is 5.82. The molecule has 0 atom stereocenters. The summed E-state index contributed by atoms with van der Waals surface area (Å²) in [7, 11) is 1.77. The lowest BCUT2D eigenvalue weighted by atomic mass is 10.1. The van der Waals surface area contributed by atoms with Gasteiger partial charge in [-0.05, 0) is 43.6 Å². The molecule has 0 aliphatic carbocycles. The summed E-state index contributed by atoms with van der Waals surface area (Å²) in [6, 6.07) is 7.28. The third-order valence-corrected chi connectivity index (χ3v) is 4.09. The largest absolute Gasteiger partial charge is 0.366 e. The van der Waals surface area contributed by atoms with Crippen LogP contribution in [-0.4, -0.2) is 50.0 Å². The first kappa shape index (κ1) is 20.7. The number of rotatable bonds is 6. The number of likely N-dealkylation sites (tertiary alicyclic amines) is 1. The second-order valence-electron chi connectivity index (χ2n) is 5.82. The topological polar surface area (TPSA) is 82.8 Å². The molecule has 1 aromatic carbocycles. The molecule has 0 saturated carbocycles. The van der Waals surface area contributed by atoms with Crippen molar-refractivity contribution in [3.8, 4) is 0 Å². The van der Waals surface area contributed by atoms with Crippen LogP contribution in [0.5, 0.6) is 0 Å². The molecule has 1 aliphatic heterocycles. The zero-order chi connectivity index (χ0) is 16.5. The van der Waals surface area contributed by atoms with Gasteiger partial charge in [0.15, 0.2) is 5.96 Å². The van der Waals surface area contributed by atoms with Crippen molar-refractivity contribution >= 4 is 35.8 Å². The molecule has 0 unspecified atom stereocenters. The zero-order valence-electron chi connectivity index (χ0n) is 14.3. The lowest BCUT2D eigenvalue weighted by Gasteiger charge is -2.26. The Bertz CT molecular complexity index is 526. The van der Waals surface area contributed by atoms with E-state index in [9.17, 15) is 4.79 Å². The molecule has 1 fully saturated rings. The summed E-state index contributed by atoms with van der Waals surface area (Å²) in [5, 5.41) is 6.62. The van der Waals surface area contributed by atoms with Crippen LogP contribution in [0.4, 0.5) is 0 Å². The second kappa shape index (κ2) is 11.2. The van der Waals surface area contributed by atoms with Gasteiger partial charge in [0.05, 0.1) is 0 Å². The average Bonchev–Trinajstić information content (AvgIpc) is 2.59. The van der Waals surface area contributed by atoms with Gasteiger partial charge in [0, 0.05) is 32.2 Å². The Morgan fingerprint density at radius 3 is 2.42 bits per heavy atom. The molecule has 24 heavy (non-hydrogen) atoms. The van der Waals surface area contributed by atoms with Crippen LogP contribution in [0.1, 0.15) is 35.2 Å². The third kappa shape index (κ3) is 7.04. The van der Waals surface area contributed by atoms with E-state index >= 15 is 0 Å². The van der Waals surface area contributed by atoms with Gasteiger partial charge in [-0.15, -0.1) is 24.0 Å². The van der Waals surface area contributed by atoms with E-state index in [1.54, 1.807) is 19.2 Å². The van der Waals surface area contributed by atoms with Crippen LogP contribution >= 0.6 is 24.0 Å². The van der Waals surface area contributed by atoms with Crippen LogP contribution in [0.15, 0.2) is 29.3 Å².